The highest BCUT2D eigenvalue weighted by Gasteiger charge is 2.15. The van der Waals surface area contributed by atoms with Gasteiger partial charge in [0.15, 0.2) is 0 Å². The maximum atomic E-state index is 11.7. The topological polar surface area (TPSA) is 41.1 Å². The van der Waals surface area contributed by atoms with Crippen LogP contribution in [0.3, 0.4) is 0 Å². The first-order valence-electron chi connectivity index (χ1n) is 6.96. The third kappa shape index (κ3) is 4.84. The van der Waals surface area contributed by atoms with E-state index in [-0.39, 0.29) is 5.91 Å². The Bertz CT molecular complexity index is 416. The van der Waals surface area contributed by atoms with Gasteiger partial charge in [0, 0.05) is 18.0 Å². The molecule has 0 spiro atoms. The average Bonchev–Trinajstić information content (AvgIpc) is 2.92. The second-order valence-electron chi connectivity index (χ2n) is 5.09. The summed E-state index contributed by atoms with van der Waals surface area (Å²) < 4.78 is 0. The Balaban J connectivity index is 1.62. The van der Waals surface area contributed by atoms with Crippen molar-refractivity contribution in [3.63, 3.8) is 0 Å². The summed E-state index contributed by atoms with van der Waals surface area (Å²) in [5.74, 6) is 0.827. The predicted octanol–water partition coefficient (Wildman–Crippen LogP) is 2.39. The van der Waals surface area contributed by atoms with Crippen molar-refractivity contribution >= 4 is 17.5 Å². The van der Waals surface area contributed by atoms with E-state index in [1.165, 1.54) is 6.42 Å². The first kappa shape index (κ1) is 14.4. The highest BCUT2D eigenvalue weighted by molar-refractivity contribution is 6.31. The minimum absolute atomic E-state index is 0.152. The second kappa shape index (κ2) is 7.51. The lowest BCUT2D eigenvalue weighted by atomic mass is 10.0. The maximum absolute atomic E-state index is 11.7. The fourth-order valence-corrected chi connectivity index (χ4v) is 2.65. The Kier molecular flexibility index (Phi) is 5.67. The molecule has 1 amide bonds. The van der Waals surface area contributed by atoms with E-state index in [1.54, 1.807) is 0 Å². The van der Waals surface area contributed by atoms with Gasteiger partial charge in [-0.15, -0.1) is 0 Å². The maximum Gasteiger partial charge on any atom is 0.220 e. The summed E-state index contributed by atoms with van der Waals surface area (Å²) in [6.45, 7) is 2.82. The molecule has 1 aliphatic rings. The summed E-state index contributed by atoms with van der Waals surface area (Å²) in [5.41, 5.74) is 1.09. The van der Waals surface area contributed by atoms with Gasteiger partial charge in [0.25, 0.3) is 0 Å². The van der Waals surface area contributed by atoms with Gasteiger partial charge < -0.3 is 10.6 Å². The molecule has 19 heavy (non-hydrogen) atoms. The van der Waals surface area contributed by atoms with Crippen molar-refractivity contribution in [1.29, 1.82) is 0 Å². The predicted molar refractivity (Wildman–Crippen MR) is 78.4 cm³/mol. The van der Waals surface area contributed by atoms with Gasteiger partial charge in [0.1, 0.15) is 0 Å². The normalized spacial score (nSPS) is 18.5. The fraction of sp³-hybridized carbons (Fsp3) is 0.533. The van der Waals surface area contributed by atoms with E-state index in [9.17, 15) is 4.79 Å². The molecule has 0 radical (unpaired) electrons. The molecule has 0 saturated carbocycles. The van der Waals surface area contributed by atoms with Crippen LogP contribution in [-0.2, 0) is 11.2 Å². The number of nitrogens with one attached hydrogen (secondary N) is 2. The van der Waals surface area contributed by atoms with Crippen LogP contribution in [0, 0.1) is 5.92 Å². The molecule has 2 rings (SSSR count). The van der Waals surface area contributed by atoms with Gasteiger partial charge in [-0.1, -0.05) is 29.8 Å². The number of halogens is 1. The minimum Gasteiger partial charge on any atom is -0.356 e. The Hall–Kier alpha value is -1.06. The molecule has 104 valence electrons. The molecular weight excluding hydrogens is 260 g/mol. The summed E-state index contributed by atoms with van der Waals surface area (Å²) in [7, 11) is 0. The van der Waals surface area contributed by atoms with Crippen LogP contribution in [-0.4, -0.2) is 25.5 Å². The Labute approximate surface area is 119 Å². The van der Waals surface area contributed by atoms with Crippen molar-refractivity contribution in [3.05, 3.63) is 34.9 Å². The third-order valence-corrected chi connectivity index (χ3v) is 3.99. The molecule has 1 aliphatic heterocycles. The number of carbonyl (C=O) groups excluding carboxylic acids is 1. The van der Waals surface area contributed by atoms with Crippen LogP contribution in [0.2, 0.25) is 5.02 Å². The van der Waals surface area contributed by atoms with E-state index >= 15 is 0 Å². The molecule has 1 fully saturated rings. The molecule has 4 heteroatoms. The standard InChI is InChI=1S/C15H21ClN2O/c16-14-4-2-1-3-13(14)8-10-18-15(19)6-5-12-7-9-17-11-12/h1-4,12,17H,5-11H2,(H,18,19). The summed E-state index contributed by atoms with van der Waals surface area (Å²) in [5, 5.41) is 7.06. The number of hydrogen-bond donors (Lipinski definition) is 2. The molecule has 1 heterocycles. The smallest absolute Gasteiger partial charge is 0.220 e. The molecule has 1 saturated heterocycles. The molecule has 0 bridgehead atoms. The summed E-state index contributed by atoms with van der Waals surface area (Å²) >= 11 is 6.07. The minimum atomic E-state index is 0.152. The number of amides is 1. The van der Waals surface area contributed by atoms with Crippen LogP contribution in [0.4, 0.5) is 0 Å². The van der Waals surface area contributed by atoms with Crippen molar-refractivity contribution in [2.24, 2.45) is 5.92 Å². The number of hydrogen-bond acceptors (Lipinski definition) is 2. The molecule has 1 aromatic carbocycles. The number of rotatable bonds is 6. The highest BCUT2D eigenvalue weighted by Crippen LogP contribution is 2.15. The molecule has 2 N–H and O–H groups in total. The molecule has 0 aromatic heterocycles. The lowest BCUT2D eigenvalue weighted by molar-refractivity contribution is -0.121. The first-order chi connectivity index (χ1) is 9.25. The molecule has 0 aliphatic carbocycles. The Morgan fingerprint density at radius 3 is 3.00 bits per heavy atom. The van der Waals surface area contributed by atoms with Gasteiger partial charge in [-0.05, 0) is 49.9 Å². The van der Waals surface area contributed by atoms with Crippen LogP contribution in [0.15, 0.2) is 24.3 Å². The molecule has 1 unspecified atom stereocenters. The van der Waals surface area contributed by atoms with Gasteiger partial charge in [0.2, 0.25) is 5.91 Å². The first-order valence-corrected chi connectivity index (χ1v) is 7.34. The number of carbonyl (C=O) groups is 1. The van der Waals surface area contributed by atoms with E-state index in [0.717, 1.165) is 36.5 Å². The highest BCUT2D eigenvalue weighted by atomic mass is 35.5. The van der Waals surface area contributed by atoms with E-state index in [0.29, 0.717) is 18.9 Å². The van der Waals surface area contributed by atoms with Crippen molar-refractivity contribution < 1.29 is 4.79 Å². The second-order valence-corrected chi connectivity index (χ2v) is 5.50. The zero-order valence-corrected chi connectivity index (χ0v) is 11.9. The van der Waals surface area contributed by atoms with Gasteiger partial charge in [-0.2, -0.15) is 0 Å². The summed E-state index contributed by atoms with van der Waals surface area (Å²) in [6, 6.07) is 7.76. The Morgan fingerprint density at radius 2 is 2.26 bits per heavy atom. The largest absolute Gasteiger partial charge is 0.356 e. The van der Waals surface area contributed by atoms with Crippen LogP contribution < -0.4 is 10.6 Å². The lowest BCUT2D eigenvalue weighted by Crippen LogP contribution is -2.26. The Morgan fingerprint density at radius 1 is 1.42 bits per heavy atom. The van der Waals surface area contributed by atoms with Gasteiger partial charge in [-0.3, -0.25) is 4.79 Å². The van der Waals surface area contributed by atoms with Crippen molar-refractivity contribution in [1.82, 2.24) is 10.6 Å². The van der Waals surface area contributed by atoms with E-state index < -0.39 is 0 Å². The van der Waals surface area contributed by atoms with E-state index in [4.69, 9.17) is 11.6 Å². The lowest BCUT2D eigenvalue weighted by Gasteiger charge is -2.09. The molecule has 3 nitrogen and oxygen atoms in total. The van der Waals surface area contributed by atoms with Gasteiger partial charge in [0.05, 0.1) is 0 Å². The quantitative estimate of drug-likeness (QED) is 0.840. The summed E-state index contributed by atoms with van der Waals surface area (Å²) in [6.07, 6.45) is 3.61. The van der Waals surface area contributed by atoms with Crippen LogP contribution in [0.25, 0.3) is 0 Å². The van der Waals surface area contributed by atoms with Crippen LogP contribution in [0.1, 0.15) is 24.8 Å². The van der Waals surface area contributed by atoms with E-state index in [1.807, 2.05) is 24.3 Å². The fourth-order valence-electron chi connectivity index (χ4n) is 2.42. The van der Waals surface area contributed by atoms with E-state index in [2.05, 4.69) is 10.6 Å². The molecular formula is C15H21ClN2O. The SMILES string of the molecule is O=C(CCC1CCNC1)NCCc1ccccc1Cl. The van der Waals surface area contributed by atoms with Crippen LogP contribution in [0.5, 0.6) is 0 Å². The molecule has 1 aromatic rings. The van der Waals surface area contributed by atoms with Crippen molar-refractivity contribution in [2.45, 2.75) is 25.7 Å². The zero-order chi connectivity index (χ0) is 13.5. The van der Waals surface area contributed by atoms with Gasteiger partial charge in [-0.25, -0.2) is 0 Å². The monoisotopic (exact) mass is 280 g/mol. The van der Waals surface area contributed by atoms with Crippen LogP contribution >= 0.6 is 11.6 Å². The zero-order valence-electron chi connectivity index (χ0n) is 11.1. The number of benzene rings is 1. The summed E-state index contributed by atoms with van der Waals surface area (Å²) in [4.78, 5) is 11.7. The molecule has 1 atom stereocenters. The third-order valence-electron chi connectivity index (χ3n) is 3.62. The van der Waals surface area contributed by atoms with Crippen molar-refractivity contribution in [3.8, 4) is 0 Å². The van der Waals surface area contributed by atoms with Crippen molar-refractivity contribution in [2.75, 3.05) is 19.6 Å². The average molecular weight is 281 g/mol. The van der Waals surface area contributed by atoms with Gasteiger partial charge >= 0.3 is 0 Å².